The minimum atomic E-state index is -0.933. The highest BCUT2D eigenvalue weighted by Gasteiger charge is 2.47. The van der Waals surface area contributed by atoms with E-state index in [1.54, 1.807) is 72.9 Å². The van der Waals surface area contributed by atoms with E-state index in [-0.39, 0.29) is 17.2 Å². The monoisotopic (exact) mass is 499 g/mol. The molecule has 8 nitrogen and oxygen atoms in total. The predicted octanol–water partition coefficient (Wildman–Crippen LogP) is 5.24. The lowest BCUT2D eigenvalue weighted by Gasteiger charge is -2.24. The van der Waals surface area contributed by atoms with Gasteiger partial charge in [0.1, 0.15) is 17.6 Å². The fraction of sp³-hybridized carbons (Fsp3) is 0.241. The van der Waals surface area contributed by atoms with Gasteiger partial charge in [-0.3, -0.25) is 24.3 Å². The molecule has 37 heavy (non-hydrogen) atoms. The Kier molecular flexibility index (Phi) is 7.98. The molecule has 1 atom stereocenters. The lowest BCUT2D eigenvalue weighted by molar-refractivity contribution is -0.132. The first-order valence-corrected chi connectivity index (χ1v) is 12.2. The van der Waals surface area contributed by atoms with Gasteiger partial charge in [0.25, 0.3) is 11.7 Å². The molecule has 0 aliphatic carbocycles. The molecule has 4 rings (SSSR count). The van der Waals surface area contributed by atoms with Gasteiger partial charge in [-0.1, -0.05) is 25.8 Å². The number of hydrogen-bond donors (Lipinski definition) is 2. The average Bonchev–Trinajstić information content (AvgIpc) is 3.17. The summed E-state index contributed by atoms with van der Waals surface area (Å²) in [6, 6.07) is 17.6. The van der Waals surface area contributed by atoms with Crippen LogP contribution in [-0.4, -0.2) is 34.3 Å². The summed E-state index contributed by atoms with van der Waals surface area (Å²) < 4.78 is 5.74. The molecule has 1 aromatic heterocycles. The van der Waals surface area contributed by atoms with Crippen molar-refractivity contribution in [2.45, 2.75) is 39.2 Å². The van der Waals surface area contributed by atoms with Gasteiger partial charge in [0.05, 0.1) is 17.9 Å². The van der Waals surface area contributed by atoms with Crippen molar-refractivity contribution in [2.75, 3.05) is 16.8 Å². The van der Waals surface area contributed by atoms with Crippen LogP contribution in [0.25, 0.3) is 5.76 Å². The molecule has 2 N–H and O–H groups in total. The molecule has 0 saturated carbocycles. The van der Waals surface area contributed by atoms with Gasteiger partial charge in [-0.05, 0) is 67.1 Å². The molecule has 190 valence electrons. The zero-order valence-corrected chi connectivity index (χ0v) is 20.8. The summed E-state index contributed by atoms with van der Waals surface area (Å²) >= 11 is 0. The molecule has 0 bridgehead atoms. The first kappa shape index (κ1) is 25.6. The molecule has 8 heteroatoms. The second kappa shape index (κ2) is 11.5. The molecule has 1 aliphatic heterocycles. The van der Waals surface area contributed by atoms with E-state index in [1.807, 2.05) is 0 Å². The third kappa shape index (κ3) is 5.69. The van der Waals surface area contributed by atoms with E-state index in [4.69, 9.17) is 4.74 Å². The normalized spacial score (nSPS) is 16.6. The zero-order chi connectivity index (χ0) is 26.4. The molecule has 2 amide bonds. The van der Waals surface area contributed by atoms with Crippen LogP contribution >= 0.6 is 0 Å². The molecule has 1 aliphatic rings. The van der Waals surface area contributed by atoms with Crippen LogP contribution in [0.5, 0.6) is 5.75 Å². The number of rotatable bonds is 9. The second-order valence-electron chi connectivity index (χ2n) is 8.73. The third-order valence-electron chi connectivity index (χ3n) is 6.02. The van der Waals surface area contributed by atoms with Crippen LogP contribution in [0.15, 0.2) is 78.5 Å². The van der Waals surface area contributed by atoms with Crippen molar-refractivity contribution < 1.29 is 24.2 Å². The van der Waals surface area contributed by atoms with Crippen molar-refractivity contribution in [1.29, 1.82) is 0 Å². The van der Waals surface area contributed by atoms with Gasteiger partial charge in [-0.15, -0.1) is 0 Å². The van der Waals surface area contributed by atoms with Gasteiger partial charge >= 0.3 is 0 Å². The number of benzene rings is 2. The number of carbonyl (C=O) groups is 3. The van der Waals surface area contributed by atoms with Crippen LogP contribution in [0.3, 0.4) is 0 Å². The van der Waals surface area contributed by atoms with Gasteiger partial charge in [-0.2, -0.15) is 0 Å². The molecular weight excluding hydrogens is 470 g/mol. The Morgan fingerprint density at radius 1 is 1.03 bits per heavy atom. The van der Waals surface area contributed by atoms with Crippen molar-refractivity contribution in [2.24, 2.45) is 0 Å². The standard InChI is InChI=1S/C29H29N3O5/c1-3-4-7-18-37-23-15-9-20(10-16-23)27(34)25-26(24-8-5-6-17-30-24)32(29(36)28(25)35)22-13-11-21(12-14-22)31-19(2)33/h5-6,8-17,26,34H,3-4,7,18H2,1-2H3,(H,31,33)/b27-25-. The number of hydrogen-bond acceptors (Lipinski definition) is 6. The summed E-state index contributed by atoms with van der Waals surface area (Å²) in [6.45, 7) is 4.13. The fourth-order valence-electron chi connectivity index (χ4n) is 4.23. The largest absolute Gasteiger partial charge is 0.507 e. The molecule has 2 heterocycles. The van der Waals surface area contributed by atoms with Crippen molar-refractivity contribution in [3.05, 3.63) is 89.8 Å². The maximum atomic E-state index is 13.3. The predicted molar refractivity (Wildman–Crippen MR) is 141 cm³/mol. The smallest absolute Gasteiger partial charge is 0.300 e. The van der Waals surface area contributed by atoms with Crippen LogP contribution in [-0.2, 0) is 14.4 Å². The zero-order valence-electron chi connectivity index (χ0n) is 20.8. The quantitative estimate of drug-likeness (QED) is 0.180. The fourth-order valence-corrected chi connectivity index (χ4v) is 4.23. The Morgan fingerprint density at radius 3 is 2.38 bits per heavy atom. The average molecular weight is 500 g/mol. The Morgan fingerprint density at radius 2 is 1.76 bits per heavy atom. The number of Topliss-reactive ketones (excluding diaryl/α,β-unsaturated/α-hetero) is 1. The third-order valence-corrected chi connectivity index (χ3v) is 6.02. The molecule has 0 radical (unpaired) electrons. The first-order chi connectivity index (χ1) is 17.9. The summed E-state index contributed by atoms with van der Waals surface area (Å²) in [5.74, 6) is -1.43. The Hall–Kier alpha value is -4.46. The lowest BCUT2D eigenvalue weighted by Crippen LogP contribution is -2.29. The van der Waals surface area contributed by atoms with E-state index in [0.717, 1.165) is 19.3 Å². The highest BCUT2D eigenvalue weighted by Crippen LogP contribution is 2.41. The highest BCUT2D eigenvalue weighted by atomic mass is 16.5. The van der Waals surface area contributed by atoms with Crippen molar-refractivity contribution in [3.63, 3.8) is 0 Å². The van der Waals surface area contributed by atoms with E-state index in [9.17, 15) is 19.5 Å². The summed E-state index contributed by atoms with van der Waals surface area (Å²) in [5, 5.41) is 13.9. The maximum Gasteiger partial charge on any atom is 0.300 e. The number of nitrogens with one attached hydrogen (secondary N) is 1. The summed E-state index contributed by atoms with van der Waals surface area (Å²) in [5.41, 5.74) is 1.76. The van der Waals surface area contributed by atoms with Crippen LogP contribution in [0, 0.1) is 0 Å². The van der Waals surface area contributed by atoms with Gasteiger partial charge in [-0.25, -0.2) is 0 Å². The molecular formula is C29H29N3O5. The topological polar surface area (TPSA) is 109 Å². The lowest BCUT2D eigenvalue weighted by atomic mass is 9.98. The molecule has 1 unspecified atom stereocenters. The van der Waals surface area contributed by atoms with E-state index in [0.29, 0.717) is 35.0 Å². The van der Waals surface area contributed by atoms with Crippen molar-refractivity contribution in [3.8, 4) is 5.75 Å². The number of aliphatic hydroxyl groups is 1. The van der Waals surface area contributed by atoms with E-state index >= 15 is 0 Å². The van der Waals surface area contributed by atoms with Gasteiger partial charge in [0, 0.05) is 30.1 Å². The number of carbonyl (C=O) groups excluding carboxylic acids is 3. The summed E-state index contributed by atoms with van der Waals surface area (Å²) in [6.07, 6.45) is 4.71. The number of pyridine rings is 1. The molecule has 3 aromatic rings. The Balaban J connectivity index is 1.71. The summed E-state index contributed by atoms with van der Waals surface area (Å²) in [4.78, 5) is 43.6. The molecule has 0 spiro atoms. The van der Waals surface area contributed by atoms with Crippen molar-refractivity contribution in [1.82, 2.24) is 4.98 Å². The van der Waals surface area contributed by atoms with Gasteiger partial charge in [0.2, 0.25) is 5.91 Å². The Bertz CT molecular complexity index is 1300. The van der Waals surface area contributed by atoms with Crippen LogP contribution in [0.2, 0.25) is 0 Å². The molecule has 1 fully saturated rings. The Labute approximate surface area is 215 Å². The molecule has 1 saturated heterocycles. The number of unbranched alkanes of at least 4 members (excludes halogenated alkanes) is 2. The first-order valence-electron chi connectivity index (χ1n) is 12.2. The second-order valence-corrected chi connectivity index (χ2v) is 8.73. The van der Waals surface area contributed by atoms with Crippen LogP contribution in [0.1, 0.15) is 50.4 Å². The summed E-state index contributed by atoms with van der Waals surface area (Å²) in [7, 11) is 0. The van der Waals surface area contributed by atoms with Crippen molar-refractivity contribution >= 4 is 34.7 Å². The number of anilines is 2. The number of ether oxygens (including phenoxy) is 1. The van der Waals surface area contributed by atoms with Crippen LogP contribution < -0.4 is 15.0 Å². The SMILES string of the molecule is CCCCCOc1ccc(/C(O)=C2/C(=O)C(=O)N(c3ccc(NC(C)=O)cc3)C2c2ccccn2)cc1. The minimum Gasteiger partial charge on any atom is -0.507 e. The number of ketones is 1. The van der Waals surface area contributed by atoms with E-state index in [1.165, 1.54) is 11.8 Å². The number of aromatic nitrogens is 1. The van der Waals surface area contributed by atoms with Crippen LogP contribution in [0.4, 0.5) is 11.4 Å². The number of aliphatic hydroxyl groups excluding tert-OH is 1. The number of nitrogens with zero attached hydrogens (tertiary/aromatic N) is 2. The maximum absolute atomic E-state index is 13.3. The minimum absolute atomic E-state index is 0.0498. The van der Waals surface area contributed by atoms with E-state index < -0.39 is 17.7 Å². The molecule has 2 aromatic carbocycles. The van der Waals surface area contributed by atoms with E-state index in [2.05, 4.69) is 17.2 Å². The van der Waals surface area contributed by atoms with Gasteiger partial charge < -0.3 is 15.2 Å². The highest BCUT2D eigenvalue weighted by molar-refractivity contribution is 6.51. The number of amides is 2. The van der Waals surface area contributed by atoms with Gasteiger partial charge in [0.15, 0.2) is 0 Å².